The summed E-state index contributed by atoms with van der Waals surface area (Å²) in [5, 5.41) is 3.25. The van der Waals surface area contributed by atoms with Crippen LogP contribution in [0.2, 0.25) is 0 Å². The summed E-state index contributed by atoms with van der Waals surface area (Å²) in [5.74, 6) is -0.309. The molecule has 1 aliphatic carbocycles. The van der Waals surface area contributed by atoms with Crippen molar-refractivity contribution in [2.24, 2.45) is 0 Å². The summed E-state index contributed by atoms with van der Waals surface area (Å²) in [4.78, 5) is 21.4. The van der Waals surface area contributed by atoms with Crippen LogP contribution in [0.1, 0.15) is 39.5 Å². The molecule has 0 unspecified atom stereocenters. The lowest BCUT2D eigenvalue weighted by Crippen LogP contribution is -2.09. The molecule has 0 N–H and O–H groups in total. The first-order valence-corrected chi connectivity index (χ1v) is 10.1. The number of hydrogen-bond donors (Lipinski definition) is 0. The highest BCUT2D eigenvalue weighted by atomic mass is 32.1. The van der Waals surface area contributed by atoms with Crippen molar-refractivity contribution in [1.82, 2.24) is 14.4 Å². The molecule has 1 saturated carbocycles. The van der Waals surface area contributed by atoms with E-state index in [1.54, 1.807) is 11.3 Å². The molecule has 0 atom stereocenters. The van der Waals surface area contributed by atoms with Crippen LogP contribution in [-0.2, 0) is 10.2 Å². The molecule has 0 saturated heterocycles. The SMILES string of the molecule is COC(=O)c1ccc(C2(c3nc(-c4c(C)nc5ccccn45)cs3)CC2)cc1. The van der Waals surface area contributed by atoms with Crippen LogP contribution < -0.4 is 0 Å². The van der Waals surface area contributed by atoms with Crippen molar-refractivity contribution < 1.29 is 9.53 Å². The van der Waals surface area contributed by atoms with E-state index in [1.807, 2.05) is 55.6 Å². The van der Waals surface area contributed by atoms with Crippen molar-refractivity contribution in [2.75, 3.05) is 7.11 Å². The van der Waals surface area contributed by atoms with Gasteiger partial charge in [0.25, 0.3) is 0 Å². The van der Waals surface area contributed by atoms with E-state index in [-0.39, 0.29) is 11.4 Å². The molecule has 4 aromatic rings. The third kappa shape index (κ3) is 2.56. The minimum atomic E-state index is -0.309. The van der Waals surface area contributed by atoms with Gasteiger partial charge in [0.1, 0.15) is 16.3 Å². The number of methoxy groups -OCH3 is 1. The highest BCUT2D eigenvalue weighted by molar-refractivity contribution is 7.10. The number of aryl methyl sites for hydroxylation is 1. The Kier molecular flexibility index (Phi) is 3.84. The highest BCUT2D eigenvalue weighted by Gasteiger charge is 2.48. The number of nitrogens with zero attached hydrogens (tertiary/aromatic N) is 3. The van der Waals surface area contributed by atoms with E-state index in [4.69, 9.17) is 9.72 Å². The normalized spacial score (nSPS) is 14.9. The summed E-state index contributed by atoms with van der Waals surface area (Å²) >= 11 is 1.70. The molecule has 5 nitrogen and oxygen atoms in total. The quantitative estimate of drug-likeness (QED) is 0.478. The van der Waals surface area contributed by atoms with Crippen molar-refractivity contribution in [3.8, 4) is 11.4 Å². The lowest BCUT2D eigenvalue weighted by Gasteiger charge is -2.13. The summed E-state index contributed by atoms with van der Waals surface area (Å²) in [6, 6.07) is 13.7. The molecule has 6 heteroatoms. The number of carbonyl (C=O) groups is 1. The third-order valence-corrected chi connectivity index (χ3v) is 6.52. The van der Waals surface area contributed by atoms with Gasteiger partial charge in [0.15, 0.2) is 0 Å². The van der Waals surface area contributed by atoms with Crippen molar-refractivity contribution >= 4 is 23.0 Å². The maximum absolute atomic E-state index is 11.7. The van der Waals surface area contributed by atoms with E-state index in [0.29, 0.717) is 5.56 Å². The second-order valence-electron chi connectivity index (χ2n) is 7.16. The Hall–Kier alpha value is -2.99. The van der Waals surface area contributed by atoms with E-state index in [2.05, 4.69) is 14.8 Å². The van der Waals surface area contributed by atoms with Gasteiger partial charge in [-0.25, -0.2) is 14.8 Å². The van der Waals surface area contributed by atoms with Gasteiger partial charge < -0.3 is 4.74 Å². The van der Waals surface area contributed by atoms with Crippen LogP contribution in [0.5, 0.6) is 0 Å². The smallest absolute Gasteiger partial charge is 0.337 e. The predicted octanol–water partition coefficient (Wildman–Crippen LogP) is 4.63. The van der Waals surface area contributed by atoms with Crippen LogP contribution in [0, 0.1) is 6.92 Å². The summed E-state index contributed by atoms with van der Waals surface area (Å²) in [6.45, 7) is 2.03. The van der Waals surface area contributed by atoms with Gasteiger partial charge in [0.05, 0.1) is 24.1 Å². The Morgan fingerprint density at radius 2 is 1.93 bits per heavy atom. The average Bonchev–Trinajstić information content (AvgIpc) is 3.26. The molecule has 0 bridgehead atoms. The predicted molar refractivity (Wildman–Crippen MR) is 109 cm³/mol. The standard InChI is InChI=1S/C22H19N3O2S/c1-14-19(25-12-4-3-5-18(25)23-14)17-13-28-21(24-17)22(10-11-22)16-8-6-15(7-9-16)20(26)27-2/h3-9,12-13H,10-11H2,1-2H3. The number of aromatic nitrogens is 3. The largest absolute Gasteiger partial charge is 0.465 e. The van der Waals surface area contributed by atoms with Gasteiger partial charge in [-0.1, -0.05) is 18.2 Å². The Labute approximate surface area is 166 Å². The topological polar surface area (TPSA) is 56.5 Å². The number of ether oxygens (including phenoxy) is 1. The van der Waals surface area contributed by atoms with Gasteiger partial charge in [-0.05, 0) is 49.6 Å². The van der Waals surface area contributed by atoms with Crippen molar-refractivity contribution in [1.29, 1.82) is 0 Å². The number of thiazole rings is 1. The number of esters is 1. The molecule has 0 amide bonds. The van der Waals surface area contributed by atoms with E-state index >= 15 is 0 Å². The Morgan fingerprint density at radius 1 is 1.14 bits per heavy atom. The molecule has 28 heavy (non-hydrogen) atoms. The number of carbonyl (C=O) groups excluding carboxylic acids is 1. The Balaban J connectivity index is 1.52. The van der Waals surface area contributed by atoms with Crippen LogP contribution >= 0.6 is 11.3 Å². The molecule has 0 spiro atoms. The molecule has 1 fully saturated rings. The molecule has 3 aromatic heterocycles. The number of pyridine rings is 1. The lowest BCUT2D eigenvalue weighted by atomic mass is 9.95. The van der Waals surface area contributed by atoms with Crippen LogP contribution in [0.25, 0.3) is 17.0 Å². The molecular formula is C22H19N3O2S. The zero-order valence-electron chi connectivity index (χ0n) is 15.7. The molecule has 5 rings (SSSR count). The maximum Gasteiger partial charge on any atom is 0.337 e. The van der Waals surface area contributed by atoms with Crippen LogP contribution in [0.15, 0.2) is 54.0 Å². The highest BCUT2D eigenvalue weighted by Crippen LogP contribution is 2.54. The maximum atomic E-state index is 11.7. The molecule has 1 aliphatic rings. The number of imidazole rings is 1. The van der Waals surface area contributed by atoms with Gasteiger partial charge in [-0.15, -0.1) is 11.3 Å². The van der Waals surface area contributed by atoms with E-state index < -0.39 is 0 Å². The first-order valence-electron chi connectivity index (χ1n) is 9.21. The second-order valence-corrected chi connectivity index (χ2v) is 8.02. The summed E-state index contributed by atoms with van der Waals surface area (Å²) in [5.41, 5.74) is 5.67. The van der Waals surface area contributed by atoms with Crippen molar-refractivity contribution in [3.63, 3.8) is 0 Å². The summed E-state index contributed by atoms with van der Waals surface area (Å²) in [7, 11) is 1.40. The van der Waals surface area contributed by atoms with Gasteiger partial charge >= 0.3 is 5.97 Å². The number of rotatable bonds is 4. The molecular weight excluding hydrogens is 370 g/mol. The summed E-state index contributed by atoms with van der Waals surface area (Å²) in [6.07, 6.45) is 4.18. The van der Waals surface area contributed by atoms with Crippen LogP contribution in [0.4, 0.5) is 0 Å². The molecule has 0 aliphatic heterocycles. The molecule has 1 aromatic carbocycles. The minimum Gasteiger partial charge on any atom is -0.465 e. The number of hydrogen-bond acceptors (Lipinski definition) is 5. The van der Waals surface area contributed by atoms with E-state index in [0.717, 1.165) is 40.6 Å². The van der Waals surface area contributed by atoms with Gasteiger partial charge in [-0.2, -0.15) is 0 Å². The zero-order chi connectivity index (χ0) is 19.3. The fourth-order valence-electron chi connectivity index (χ4n) is 3.82. The van der Waals surface area contributed by atoms with Gasteiger partial charge in [0.2, 0.25) is 0 Å². The Bertz CT molecular complexity index is 1190. The van der Waals surface area contributed by atoms with Crippen molar-refractivity contribution in [3.05, 3.63) is 75.9 Å². The monoisotopic (exact) mass is 389 g/mol. The van der Waals surface area contributed by atoms with Crippen molar-refractivity contribution in [2.45, 2.75) is 25.2 Å². The molecule has 140 valence electrons. The zero-order valence-corrected chi connectivity index (χ0v) is 16.5. The van der Waals surface area contributed by atoms with Crippen LogP contribution in [-0.4, -0.2) is 27.4 Å². The van der Waals surface area contributed by atoms with E-state index in [9.17, 15) is 4.79 Å². The average molecular weight is 389 g/mol. The first-order chi connectivity index (χ1) is 13.6. The van der Waals surface area contributed by atoms with E-state index in [1.165, 1.54) is 12.7 Å². The number of benzene rings is 1. The first kappa shape index (κ1) is 17.1. The third-order valence-electron chi connectivity index (χ3n) is 5.47. The van der Waals surface area contributed by atoms with Crippen LogP contribution in [0.3, 0.4) is 0 Å². The van der Waals surface area contributed by atoms with Gasteiger partial charge in [-0.3, -0.25) is 4.40 Å². The summed E-state index contributed by atoms with van der Waals surface area (Å²) < 4.78 is 6.89. The Morgan fingerprint density at radius 3 is 2.64 bits per heavy atom. The second kappa shape index (κ2) is 6.27. The number of fused-ring (bicyclic) bond motifs is 1. The molecule has 3 heterocycles. The minimum absolute atomic E-state index is 0.0358. The fourth-order valence-corrected chi connectivity index (χ4v) is 4.90. The fraction of sp³-hybridized carbons (Fsp3) is 0.227. The lowest BCUT2D eigenvalue weighted by molar-refractivity contribution is 0.0600. The molecule has 0 radical (unpaired) electrons. The van der Waals surface area contributed by atoms with Gasteiger partial charge in [0, 0.05) is 17.0 Å².